The fraction of sp³-hybridized carbons (Fsp3) is 0.607. The van der Waals surface area contributed by atoms with Crippen molar-refractivity contribution >= 4 is 29.8 Å². The molecule has 3 N–H and O–H groups in total. The molecule has 39 heavy (non-hydrogen) atoms. The number of esters is 2. The average Bonchev–Trinajstić information content (AvgIpc) is 2.86. The van der Waals surface area contributed by atoms with Crippen LogP contribution in [0.25, 0.3) is 0 Å². The van der Waals surface area contributed by atoms with E-state index in [4.69, 9.17) is 14.2 Å². The van der Waals surface area contributed by atoms with Crippen molar-refractivity contribution in [2.24, 2.45) is 11.8 Å². The van der Waals surface area contributed by atoms with E-state index in [0.29, 0.717) is 6.42 Å². The zero-order chi connectivity index (χ0) is 29.2. The van der Waals surface area contributed by atoms with Crippen molar-refractivity contribution in [2.75, 3.05) is 6.54 Å². The summed E-state index contributed by atoms with van der Waals surface area (Å²) < 4.78 is 15.6. The smallest absolute Gasteiger partial charge is 0.408 e. The first-order valence-corrected chi connectivity index (χ1v) is 13.3. The molecular formula is C28H41N3O8. The second-order valence-corrected chi connectivity index (χ2v) is 10.7. The second kappa shape index (κ2) is 14.5. The first kappa shape index (κ1) is 31.6. The van der Waals surface area contributed by atoms with Gasteiger partial charge in [-0.05, 0) is 52.0 Å². The molecule has 0 aliphatic carbocycles. The van der Waals surface area contributed by atoms with Crippen LogP contribution in [-0.2, 0) is 40.0 Å². The summed E-state index contributed by atoms with van der Waals surface area (Å²) in [5, 5.41) is 7.80. The number of hydrogen-bond donors (Lipinski definition) is 3. The molecule has 5 atom stereocenters. The molecule has 1 aliphatic heterocycles. The van der Waals surface area contributed by atoms with Crippen molar-refractivity contribution in [3.8, 4) is 0 Å². The molecule has 5 unspecified atom stereocenters. The van der Waals surface area contributed by atoms with Crippen LogP contribution in [0.2, 0.25) is 0 Å². The Balaban J connectivity index is 1.93. The largest absolute Gasteiger partial charge is 0.459 e. The van der Waals surface area contributed by atoms with Gasteiger partial charge in [-0.1, -0.05) is 50.6 Å². The van der Waals surface area contributed by atoms with Gasteiger partial charge in [0.25, 0.3) is 5.91 Å². The third-order valence-corrected chi connectivity index (χ3v) is 6.28. The fourth-order valence-corrected chi connectivity index (χ4v) is 3.87. The molecule has 3 amide bonds. The Labute approximate surface area is 229 Å². The number of cyclic esters (lactones) is 1. The molecule has 0 aromatic heterocycles. The van der Waals surface area contributed by atoms with Crippen molar-refractivity contribution in [2.45, 2.75) is 91.2 Å². The van der Waals surface area contributed by atoms with Crippen LogP contribution in [0.15, 0.2) is 30.3 Å². The number of ether oxygens (including phenoxy) is 3. The first-order chi connectivity index (χ1) is 18.3. The minimum absolute atomic E-state index is 0.0252. The monoisotopic (exact) mass is 547 g/mol. The van der Waals surface area contributed by atoms with Crippen molar-refractivity contribution < 1.29 is 38.2 Å². The average molecular weight is 548 g/mol. The van der Waals surface area contributed by atoms with Crippen LogP contribution in [0.5, 0.6) is 0 Å². The van der Waals surface area contributed by atoms with Gasteiger partial charge in [0.15, 0.2) is 6.10 Å². The van der Waals surface area contributed by atoms with Gasteiger partial charge in [-0.15, -0.1) is 0 Å². The predicted molar refractivity (Wildman–Crippen MR) is 142 cm³/mol. The summed E-state index contributed by atoms with van der Waals surface area (Å²) in [7, 11) is 0. The highest BCUT2D eigenvalue weighted by molar-refractivity contribution is 5.94. The van der Waals surface area contributed by atoms with E-state index in [1.807, 2.05) is 44.2 Å². The summed E-state index contributed by atoms with van der Waals surface area (Å²) in [6.45, 7) is 10.7. The van der Waals surface area contributed by atoms with Gasteiger partial charge in [-0.3, -0.25) is 14.4 Å². The lowest BCUT2D eigenvalue weighted by atomic mass is 9.83. The maximum atomic E-state index is 12.9. The number of hydrogen-bond acceptors (Lipinski definition) is 8. The lowest BCUT2D eigenvalue weighted by Gasteiger charge is -2.37. The molecular weight excluding hydrogens is 506 g/mol. The minimum atomic E-state index is -1.02. The third-order valence-electron chi connectivity index (χ3n) is 6.28. The molecule has 1 aromatic carbocycles. The zero-order valence-corrected chi connectivity index (χ0v) is 23.6. The Morgan fingerprint density at radius 2 is 1.72 bits per heavy atom. The van der Waals surface area contributed by atoms with Gasteiger partial charge in [-0.25, -0.2) is 9.59 Å². The normalized spacial score (nSPS) is 18.9. The van der Waals surface area contributed by atoms with E-state index in [0.717, 1.165) is 12.0 Å². The molecule has 0 spiro atoms. The van der Waals surface area contributed by atoms with E-state index in [1.54, 1.807) is 20.8 Å². The second-order valence-electron chi connectivity index (χ2n) is 10.7. The van der Waals surface area contributed by atoms with Crippen LogP contribution in [0.1, 0.15) is 66.4 Å². The van der Waals surface area contributed by atoms with E-state index in [1.165, 1.54) is 6.92 Å². The van der Waals surface area contributed by atoms with E-state index < -0.39 is 47.7 Å². The van der Waals surface area contributed by atoms with Crippen molar-refractivity contribution in [1.82, 2.24) is 16.0 Å². The zero-order valence-electron chi connectivity index (χ0n) is 23.6. The summed E-state index contributed by atoms with van der Waals surface area (Å²) >= 11 is 0. The van der Waals surface area contributed by atoms with Gasteiger partial charge in [0.05, 0.1) is 0 Å². The molecule has 0 radical (unpaired) electrons. The number of nitrogens with one attached hydrogen (secondary N) is 3. The van der Waals surface area contributed by atoms with Gasteiger partial charge < -0.3 is 30.2 Å². The molecule has 1 saturated heterocycles. The summed E-state index contributed by atoms with van der Waals surface area (Å²) in [4.78, 5) is 61.9. The third kappa shape index (κ3) is 10.2. The Hall–Kier alpha value is -3.63. The Morgan fingerprint density at radius 1 is 1.05 bits per heavy atom. The Bertz CT molecular complexity index is 1010. The molecule has 0 bridgehead atoms. The predicted octanol–water partition coefficient (Wildman–Crippen LogP) is 2.61. The number of amides is 3. The van der Waals surface area contributed by atoms with Crippen LogP contribution in [0.4, 0.5) is 4.79 Å². The molecule has 1 aliphatic rings. The fourth-order valence-electron chi connectivity index (χ4n) is 3.87. The highest BCUT2D eigenvalue weighted by Crippen LogP contribution is 2.31. The number of rotatable bonds is 13. The Morgan fingerprint density at radius 3 is 2.31 bits per heavy atom. The van der Waals surface area contributed by atoms with Crippen LogP contribution in [0.3, 0.4) is 0 Å². The molecule has 11 nitrogen and oxygen atoms in total. The van der Waals surface area contributed by atoms with Gasteiger partial charge in [0.2, 0.25) is 5.91 Å². The lowest BCUT2D eigenvalue weighted by molar-refractivity contribution is -0.193. The SMILES string of the molecule is CCC(C)C1C(=O)OC1C(=O)NCCCC(NC(=O)C(C)NC(=O)OC(C)(C)C)C(=O)OCc1ccccc1. The van der Waals surface area contributed by atoms with E-state index in [-0.39, 0.29) is 37.4 Å². The van der Waals surface area contributed by atoms with Crippen LogP contribution < -0.4 is 16.0 Å². The van der Waals surface area contributed by atoms with Gasteiger partial charge in [0.1, 0.15) is 30.2 Å². The number of carbonyl (C=O) groups is 5. The number of benzene rings is 1. The van der Waals surface area contributed by atoms with Gasteiger partial charge in [-0.2, -0.15) is 0 Å². The number of carbonyl (C=O) groups excluding carboxylic acids is 5. The number of alkyl carbamates (subject to hydrolysis) is 1. The highest BCUT2D eigenvalue weighted by atomic mass is 16.6. The Kier molecular flexibility index (Phi) is 11.7. The maximum absolute atomic E-state index is 12.9. The van der Waals surface area contributed by atoms with Crippen molar-refractivity contribution in [1.29, 1.82) is 0 Å². The molecule has 216 valence electrons. The topological polar surface area (TPSA) is 149 Å². The summed E-state index contributed by atoms with van der Waals surface area (Å²) in [5.74, 6) is -2.44. The van der Waals surface area contributed by atoms with Crippen LogP contribution in [0, 0.1) is 11.8 Å². The molecule has 1 heterocycles. The first-order valence-electron chi connectivity index (χ1n) is 13.3. The molecule has 1 aromatic rings. The van der Waals surface area contributed by atoms with Crippen LogP contribution >= 0.6 is 0 Å². The van der Waals surface area contributed by atoms with Crippen molar-refractivity contribution in [3.63, 3.8) is 0 Å². The summed E-state index contributed by atoms with van der Waals surface area (Å²) in [6, 6.07) is 7.11. The minimum Gasteiger partial charge on any atom is -0.459 e. The standard InChI is InChI=1S/C28H41N3O8/c1-7-17(2)21-22(38-26(21)35)24(33)29-15-11-14-20(25(34)37-16-19-12-9-8-10-13-19)31-23(32)18(3)30-27(36)39-28(4,5)6/h8-10,12-13,17-18,20-22H,7,11,14-16H2,1-6H3,(H,29,33)(H,30,36)(H,31,32). The molecule has 2 rings (SSSR count). The van der Waals surface area contributed by atoms with Gasteiger partial charge >= 0.3 is 18.0 Å². The van der Waals surface area contributed by atoms with E-state index >= 15 is 0 Å². The molecule has 1 fully saturated rings. The van der Waals surface area contributed by atoms with Crippen molar-refractivity contribution in [3.05, 3.63) is 35.9 Å². The summed E-state index contributed by atoms with van der Waals surface area (Å²) in [5.41, 5.74) is 0.0509. The summed E-state index contributed by atoms with van der Waals surface area (Å²) in [6.07, 6.45) is -0.336. The molecule has 0 saturated carbocycles. The molecule has 11 heteroatoms. The van der Waals surface area contributed by atoms with Gasteiger partial charge in [0, 0.05) is 6.54 Å². The maximum Gasteiger partial charge on any atom is 0.408 e. The van der Waals surface area contributed by atoms with E-state index in [9.17, 15) is 24.0 Å². The van der Waals surface area contributed by atoms with Crippen LogP contribution in [-0.4, -0.2) is 60.2 Å². The lowest BCUT2D eigenvalue weighted by Crippen LogP contribution is -2.56. The van der Waals surface area contributed by atoms with E-state index in [2.05, 4.69) is 16.0 Å². The highest BCUT2D eigenvalue weighted by Gasteiger charge is 2.49. The quantitative estimate of drug-likeness (QED) is 0.194.